The number of hydrogen-bond acceptors (Lipinski definition) is 3. The zero-order valence-electron chi connectivity index (χ0n) is 9.62. The smallest absolute Gasteiger partial charge is 0.155 e. The van der Waals surface area contributed by atoms with Gasteiger partial charge in [0.1, 0.15) is 0 Å². The van der Waals surface area contributed by atoms with E-state index >= 15 is 0 Å². The summed E-state index contributed by atoms with van der Waals surface area (Å²) in [5, 5.41) is 0. The number of fused-ring (bicyclic) bond motifs is 1. The van der Waals surface area contributed by atoms with Crippen LogP contribution in [-0.4, -0.2) is 9.97 Å². The van der Waals surface area contributed by atoms with Crippen molar-refractivity contribution in [3.8, 4) is 0 Å². The van der Waals surface area contributed by atoms with Crippen molar-refractivity contribution in [3.05, 3.63) is 60.7 Å². The summed E-state index contributed by atoms with van der Waals surface area (Å²) in [6.45, 7) is 2.20. The SMILES string of the molecule is CC1C=CN(c2cnccn2)c2ccccc21. The Morgan fingerprint density at radius 3 is 2.88 bits per heavy atom. The topological polar surface area (TPSA) is 29.0 Å². The Bertz CT molecular complexity index is 548. The minimum Gasteiger partial charge on any atom is -0.301 e. The molecule has 0 radical (unpaired) electrons. The Hall–Kier alpha value is -2.16. The maximum atomic E-state index is 4.34. The van der Waals surface area contributed by atoms with Crippen LogP contribution in [-0.2, 0) is 0 Å². The summed E-state index contributed by atoms with van der Waals surface area (Å²) in [5.41, 5.74) is 2.50. The first kappa shape index (κ1) is 10.0. The maximum absolute atomic E-state index is 4.34. The van der Waals surface area contributed by atoms with E-state index in [2.05, 4.69) is 52.3 Å². The van der Waals surface area contributed by atoms with Gasteiger partial charge in [-0.25, -0.2) is 4.98 Å². The first-order valence-corrected chi connectivity index (χ1v) is 5.69. The Kier molecular flexibility index (Phi) is 2.37. The molecule has 3 heteroatoms. The first-order valence-electron chi connectivity index (χ1n) is 5.69. The molecule has 1 aromatic heterocycles. The van der Waals surface area contributed by atoms with Gasteiger partial charge in [-0.05, 0) is 11.6 Å². The van der Waals surface area contributed by atoms with E-state index in [1.807, 2.05) is 6.07 Å². The van der Waals surface area contributed by atoms with Crippen molar-refractivity contribution in [1.82, 2.24) is 9.97 Å². The second kappa shape index (κ2) is 4.01. The molecule has 0 saturated carbocycles. The van der Waals surface area contributed by atoms with Crippen LogP contribution in [0.5, 0.6) is 0 Å². The van der Waals surface area contributed by atoms with Crippen LogP contribution in [0.15, 0.2) is 55.1 Å². The summed E-state index contributed by atoms with van der Waals surface area (Å²) in [4.78, 5) is 10.5. The number of nitrogens with zero attached hydrogens (tertiary/aromatic N) is 3. The fraction of sp³-hybridized carbons (Fsp3) is 0.143. The molecule has 0 amide bonds. The van der Waals surface area contributed by atoms with Crippen LogP contribution in [0.1, 0.15) is 18.4 Å². The molecule has 2 heterocycles. The highest BCUT2D eigenvalue weighted by Crippen LogP contribution is 2.36. The van der Waals surface area contributed by atoms with Gasteiger partial charge in [0, 0.05) is 24.5 Å². The molecule has 1 aromatic carbocycles. The average molecular weight is 223 g/mol. The zero-order valence-corrected chi connectivity index (χ0v) is 9.62. The second-order valence-electron chi connectivity index (χ2n) is 4.12. The van der Waals surface area contributed by atoms with Crippen LogP contribution in [0.2, 0.25) is 0 Å². The fourth-order valence-corrected chi connectivity index (χ4v) is 2.11. The van der Waals surface area contributed by atoms with E-state index in [-0.39, 0.29) is 0 Å². The maximum Gasteiger partial charge on any atom is 0.155 e. The Balaban J connectivity index is 2.11. The van der Waals surface area contributed by atoms with E-state index in [0.29, 0.717) is 5.92 Å². The Labute approximate surface area is 100 Å². The third kappa shape index (κ3) is 1.69. The largest absolute Gasteiger partial charge is 0.301 e. The summed E-state index contributed by atoms with van der Waals surface area (Å²) < 4.78 is 0. The molecule has 3 nitrogen and oxygen atoms in total. The van der Waals surface area contributed by atoms with E-state index in [0.717, 1.165) is 5.82 Å². The fourth-order valence-electron chi connectivity index (χ4n) is 2.11. The molecule has 0 aliphatic carbocycles. The van der Waals surface area contributed by atoms with Gasteiger partial charge in [-0.3, -0.25) is 4.98 Å². The van der Waals surface area contributed by atoms with E-state index < -0.39 is 0 Å². The van der Waals surface area contributed by atoms with E-state index in [9.17, 15) is 0 Å². The van der Waals surface area contributed by atoms with Crippen LogP contribution in [0.25, 0.3) is 0 Å². The Morgan fingerprint density at radius 2 is 2.06 bits per heavy atom. The lowest BCUT2D eigenvalue weighted by Gasteiger charge is -2.28. The van der Waals surface area contributed by atoms with Crippen LogP contribution in [0, 0.1) is 0 Å². The molecule has 1 unspecified atom stereocenters. The molecule has 17 heavy (non-hydrogen) atoms. The van der Waals surface area contributed by atoms with Gasteiger partial charge in [0.2, 0.25) is 0 Å². The number of benzene rings is 1. The monoisotopic (exact) mass is 223 g/mol. The summed E-state index contributed by atoms with van der Waals surface area (Å²) >= 11 is 0. The molecule has 0 fully saturated rings. The minimum atomic E-state index is 0.444. The van der Waals surface area contributed by atoms with Gasteiger partial charge in [0.15, 0.2) is 5.82 Å². The standard InChI is InChI=1S/C14H13N3/c1-11-6-9-17(14-10-15-7-8-16-14)13-5-3-2-4-12(11)13/h2-11H,1H3. The molecule has 84 valence electrons. The number of hydrogen-bond donors (Lipinski definition) is 0. The molecule has 0 saturated heterocycles. The average Bonchev–Trinajstić information content (AvgIpc) is 2.41. The molecule has 2 aromatic rings. The van der Waals surface area contributed by atoms with Crippen molar-refractivity contribution in [3.63, 3.8) is 0 Å². The van der Waals surface area contributed by atoms with Gasteiger partial charge in [0.05, 0.1) is 11.9 Å². The van der Waals surface area contributed by atoms with Crippen molar-refractivity contribution in [1.29, 1.82) is 0 Å². The lowest BCUT2D eigenvalue weighted by molar-refractivity contribution is 0.924. The highest BCUT2D eigenvalue weighted by molar-refractivity contribution is 5.69. The predicted molar refractivity (Wildman–Crippen MR) is 68.2 cm³/mol. The van der Waals surface area contributed by atoms with Crippen LogP contribution in [0.3, 0.4) is 0 Å². The summed E-state index contributed by atoms with van der Waals surface area (Å²) in [6, 6.07) is 8.40. The summed E-state index contributed by atoms with van der Waals surface area (Å²) in [5.74, 6) is 1.29. The molecular weight excluding hydrogens is 210 g/mol. The highest BCUT2D eigenvalue weighted by Gasteiger charge is 2.18. The van der Waals surface area contributed by atoms with Crippen molar-refractivity contribution in [2.75, 3.05) is 4.90 Å². The van der Waals surface area contributed by atoms with Gasteiger partial charge in [-0.1, -0.05) is 31.2 Å². The lowest BCUT2D eigenvalue weighted by atomic mass is 9.96. The third-order valence-corrected chi connectivity index (χ3v) is 3.01. The molecule has 0 bridgehead atoms. The summed E-state index contributed by atoms with van der Waals surface area (Å²) in [7, 11) is 0. The van der Waals surface area contributed by atoms with Gasteiger partial charge >= 0.3 is 0 Å². The number of allylic oxidation sites excluding steroid dienone is 1. The van der Waals surface area contributed by atoms with Gasteiger partial charge in [0.25, 0.3) is 0 Å². The van der Waals surface area contributed by atoms with Crippen LogP contribution < -0.4 is 4.90 Å². The number of para-hydroxylation sites is 1. The number of aromatic nitrogens is 2. The van der Waals surface area contributed by atoms with Gasteiger partial charge < -0.3 is 4.90 Å². The quantitative estimate of drug-likeness (QED) is 0.743. The number of anilines is 2. The molecule has 1 aliphatic heterocycles. The zero-order chi connectivity index (χ0) is 11.7. The Morgan fingerprint density at radius 1 is 1.18 bits per heavy atom. The number of rotatable bonds is 1. The van der Waals surface area contributed by atoms with Crippen molar-refractivity contribution in [2.24, 2.45) is 0 Å². The van der Waals surface area contributed by atoms with E-state index in [1.165, 1.54) is 11.3 Å². The second-order valence-corrected chi connectivity index (χ2v) is 4.12. The molecule has 0 spiro atoms. The summed E-state index contributed by atoms with van der Waals surface area (Å²) in [6.07, 6.45) is 9.42. The van der Waals surface area contributed by atoms with E-state index in [4.69, 9.17) is 0 Å². The van der Waals surface area contributed by atoms with Gasteiger partial charge in [-0.2, -0.15) is 0 Å². The molecule has 1 atom stereocenters. The molecule has 0 N–H and O–H groups in total. The van der Waals surface area contributed by atoms with Gasteiger partial charge in [-0.15, -0.1) is 0 Å². The lowest BCUT2D eigenvalue weighted by Crippen LogP contribution is -2.16. The first-order chi connectivity index (χ1) is 8.36. The minimum absolute atomic E-state index is 0.444. The third-order valence-electron chi connectivity index (χ3n) is 3.01. The van der Waals surface area contributed by atoms with Crippen molar-refractivity contribution >= 4 is 11.5 Å². The van der Waals surface area contributed by atoms with Crippen LogP contribution >= 0.6 is 0 Å². The highest BCUT2D eigenvalue weighted by atomic mass is 15.2. The molecule has 1 aliphatic rings. The van der Waals surface area contributed by atoms with E-state index in [1.54, 1.807) is 18.6 Å². The molecule has 3 rings (SSSR count). The van der Waals surface area contributed by atoms with Crippen molar-refractivity contribution < 1.29 is 0 Å². The van der Waals surface area contributed by atoms with Crippen molar-refractivity contribution in [2.45, 2.75) is 12.8 Å². The molecular formula is C14H13N3. The normalized spacial score (nSPS) is 17.9. The predicted octanol–water partition coefficient (Wildman–Crippen LogP) is 3.25. The van der Waals surface area contributed by atoms with Crippen LogP contribution in [0.4, 0.5) is 11.5 Å².